The van der Waals surface area contributed by atoms with Gasteiger partial charge in [0.15, 0.2) is 0 Å². The zero-order valence-electron chi connectivity index (χ0n) is 12.0. The molecule has 0 aromatic carbocycles. The average molecular weight is 321 g/mol. The van der Waals surface area contributed by atoms with Gasteiger partial charge in [-0.3, -0.25) is 9.88 Å². The second-order valence-electron chi connectivity index (χ2n) is 5.06. The summed E-state index contributed by atoms with van der Waals surface area (Å²) < 4.78 is 0. The minimum Gasteiger partial charge on any atom is -0.368 e. The maximum atomic E-state index is 6.19. The van der Waals surface area contributed by atoms with Gasteiger partial charge in [-0.25, -0.2) is 0 Å². The molecule has 8 nitrogen and oxygen atoms in total. The molecule has 4 N–H and O–H groups in total. The molecule has 2 aromatic rings. The highest BCUT2D eigenvalue weighted by Gasteiger charge is 2.20. The first kappa shape index (κ1) is 14.7. The fourth-order valence-corrected chi connectivity index (χ4v) is 2.74. The molecule has 0 saturated carbocycles. The van der Waals surface area contributed by atoms with Gasteiger partial charge in [-0.2, -0.15) is 15.0 Å². The molecule has 0 radical (unpaired) electrons. The summed E-state index contributed by atoms with van der Waals surface area (Å²) in [5, 5.41) is 0.675. The van der Waals surface area contributed by atoms with Crippen molar-refractivity contribution in [3.05, 3.63) is 29.3 Å². The van der Waals surface area contributed by atoms with Gasteiger partial charge in [-0.15, -0.1) is 0 Å². The van der Waals surface area contributed by atoms with Gasteiger partial charge >= 0.3 is 0 Å². The molecule has 0 bridgehead atoms. The van der Waals surface area contributed by atoms with Crippen LogP contribution in [-0.4, -0.2) is 51.0 Å². The van der Waals surface area contributed by atoms with E-state index in [1.165, 1.54) is 0 Å². The first-order chi connectivity index (χ1) is 10.6. The van der Waals surface area contributed by atoms with Gasteiger partial charge in [-0.05, 0) is 6.07 Å². The van der Waals surface area contributed by atoms with E-state index in [9.17, 15) is 0 Å². The molecule has 0 atom stereocenters. The zero-order valence-corrected chi connectivity index (χ0v) is 12.7. The molecular formula is C13H17ClN8. The predicted octanol–water partition coefficient (Wildman–Crippen LogP) is 0.407. The van der Waals surface area contributed by atoms with Crippen LogP contribution in [0.5, 0.6) is 0 Å². The first-order valence-electron chi connectivity index (χ1n) is 6.94. The number of nitrogen functional groups attached to an aromatic ring is 2. The van der Waals surface area contributed by atoms with Gasteiger partial charge in [-0.1, -0.05) is 11.6 Å². The van der Waals surface area contributed by atoms with Crippen LogP contribution in [0.15, 0.2) is 18.5 Å². The smallest absolute Gasteiger partial charge is 0.225 e. The highest BCUT2D eigenvalue weighted by Crippen LogP contribution is 2.25. The first-order valence-corrected chi connectivity index (χ1v) is 7.32. The monoisotopic (exact) mass is 320 g/mol. The number of hydrogen-bond donors (Lipinski definition) is 2. The van der Waals surface area contributed by atoms with E-state index < -0.39 is 0 Å². The highest BCUT2D eigenvalue weighted by atomic mass is 35.5. The summed E-state index contributed by atoms with van der Waals surface area (Å²) in [7, 11) is 0. The van der Waals surface area contributed by atoms with Gasteiger partial charge in [0.1, 0.15) is 5.82 Å². The van der Waals surface area contributed by atoms with Crippen LogP contribution >= 0.6 is 11.6 Å². The van der Waals surface area contributed by atoms with E-state index in [0.717, 1.165) is 31.9 Å². The lowest BCUT2D eigenvalue weighted by molar-refractivity contribution is 0.244. The van der Waals surface area contributed by atoms with Crippen LogP contribution in [-0.2, 0) is 6.54 Å². The lowest BCUT2D eigenvalue weighted by atomic mass is 10.2. The maximum absolute atomic E-state index is 6.19. The van der Waals surface area contributed by atoms with Crippen LogP contribution in [0.3, 0.4) is 0 Å². The summed E-state index contributed by atoms with van der Waals surface area (Å²) in [6.45, 7) is 4.11. The van der Waals surface area contributed by atoms with E-state index in [-0.39, 0.29) is 11.9 Å². The van der Waals surface area contributed by atoms with Gasteiger partial charge in [0, 0.05) is 38.6 Å². The summed E-state index contributed by atoms with van der Waals surface area (Å²) in [5.41, 5.74) is 12.2. The van der Waals surface area contributed by atoms with Crippen molar-refractivity contribution in [1.29, 1.82) is 0 Å². The quantitative estimate of drug-likeness (QED) is 0.836. The predicted molar refractivity (Wildman–Crippen MR) is 85.4 cm³/mol. The van der Waals surface area contributed by atoms with Crippen molar-refractivity contribution in [2.75, 3.05) is 42.5 Å². The lowest BCUT2D eigenvalue weighted by Gasteiger charge is -2.36. The minimum atomic E-state index is 0.157. The highest BCUT2D eigenvalue weighted by molar-refractivity contribution is 6.33. The fraction of sp³-hybridized carbons (Fsp3) is 0.385. The van der Waals surface area contributed by atoms with Gasteiger partial charge in [0.2, 0.25) is 11.9 Å². The van der Waals surface area contributed by atoms with E-state index in [1.54, 1.807) is 12.4 Å². The van der Waals surface area contributed by atoms with Gasteiger partial charge in [0.25, 0.3) is 0 Å². The number of aromatic nitrogens is 4. The van der Waals surface area contributed by atoms with Crippen molar-refractivity contribution in [1.82, 2.24) is 24.8 Å². The molecule has 9 heteroatoms. The Balaban J connectivity index is 1.61. The molecule has 3 heterocycles. The molecule has 2 aromatic heterocycles. The number of nitrogens with zero attached hydrogens (tertiary/aromatic N) is 6. The number of hydrogen-bond acceptors (Lipinski definition) is 8. The Morgan fingerprint density at radius 1 is 1.05 bits per heavy atom. The Morgan fingerprint density at radius 2 is 1.73 bits per heavy atom. The average Bonchev–Trinajstić information content (AvgIpc) is 2.48. The van der Waals surface area contributed by atoms with E-state index in [1.807, 2.05) is 6.07 Å². The topological polar surface area (TPSA) is 110 Å². The third kappa shape index (κ3) is 3.34. The fourth-order valence-electron chi connectivity index (χ4n) is 2.50. The van der Waals surface area contributed by atoms with Crippen LogP contribution in [0, 0.1) is 0 Å². The third-order valence-electron chi connectivity index (χ3n) is 3.55. The number of piperazine rings is 1. The molecule has 0 spiro atoms. The van der Waals surface area contributed by atoms with Gasteiger partial charge in [0.05, 0.1) is 17.3 Å². The van der Waals surface area contributed by atoms with E-state index in [2.05, 4.69) is 29.7 Å². The number of halogens is 1. The molecular weight excluding hydrogens is 304 g/mol. The van der Waals surface area contributed by atoms with Crippen molar-refractivity contribution in [2.45, 2.75) is 6.54 Å². The van der Waals surface area contributed by atoms with Crippen LogP contribution in [0.4, 0.5) is 17.6 Å². The zero-order chi connectivity index (χ0) is 15.5. The van der Waals surface area contributed by atoms with Gasteiger partial charge < -0.3 is 16.4 Å². The molecule has 3 rings (SSSR count). The molecule has 1 fully saturated rings. The largest absolute Gasteiger partial charge is 0.368 e. The van der Waals surface area contributed by atoms with Crippen LogP contribution in [0.1, 0.15) is 5.82 Å². The van der Waals surface area contributed by atoms with E-state index in [0.29, 0.717) is 17.4 Å². The summed E-state index contributed by atoms with van der Waals surface area (Å²) in [6, 6.07) is 1.94. The van der Waals surface area contributed by atoms with Crippen molar-refractivity contribution >= 4 is 29.2 Å². The van der Waals surface area contributed by atoms with Crippen LogP contribution < -0.4 is 16.4 Å². The Morgan fingerprint density at radius 3 is 2.36 bits per heavy atom. The van der Waals surface area contributed by atoms with Crippen molar-refractivity contribution < 1.29 is 0 Å². The van der Waals surface area contributed by atoms with E-state index in [4.69, 9.17) is 23.1 Å². The molecule has 0 aliphatic carbocycles. The normalized spacial score (nSPS) is 16.0. The second kappa shape index (κ2) is 6.29. The Bertz CT molecular complexity index is 636. The van der Waals surface area contributed by atoms with Crippen molar-refractivity contribution in [3.63, 3.8) is 0 Å². The molecule has 1 aliphatic rings. The minimum absolute atomic E-state index is 0.157. The number of rotatable bonds is 3. The standard InChI is InChI=1S/C13H17ClN8/c14-9-7-17-2-1-10(9)22-5-3-21(4-6-22)8-11-18-12(15)20-13(16)19-11/h1-2,7H,3-6,8H2,(H4,15,16,18,19,20). The molecule has 116 valence electrons. The maximum Gasteiger partial charge on any atom is 0.225 e. The van der Waals surface area contributed by atoms with Crippen LogP contribution in [0.25, 0.3) is 0 Å². The van der Waals surface area contributed by atoms with Crippen molar-refractivity contribution in [3.8, 4) is 0 Å². The SMILES string of the molecule is Nc1nc(N)nc(CN2CCN(c3ccncc3Cl)CC2)n1. The number of anilines is 3. The Kier molecular flexibility index (Phi) is 4.21. The molecule has 1 aliphatic heterocycles. The third-order valence-corrected chi connectivity index (χ3v) is 3.84. The molecule has 1 saturated heterocycles. The summed E-state index contributed by atoms with van der Waals surface area (Å²) >= 11 is 6.19. The van der Waals surface area contributed by atoms with Crippen LogP contribution in [0.2, 0.25) is 5.02 Å². The second-order valence-corrected chi connectivity index (χ2v) is 5.47. The Labute approximate surface area is 133 Å². The molecule has 22 heavy (non-hydrogen) atoms. The molecule has 0 amide bonds. The number of nitrogens with two attached hydrogens (primary N) is 2. The number of pyridine rings is 1. The summed E-state index contributed by atoms with van der Waals surface area (Å²) in [4.78, 5) is 20.5. The Hall–Kier alpha value is -2.19. The lowest BCUT2D eigenvalue weighted by Crippen LogP contribution is -2.46. The van der Waals surface area contributed by atoms with E-state index >= 15 is 0 Å². The summed E-state index contributed by atoms with van der Waals surface area (Å²) in [5.74, 6) is 0.912. The summed E-state index contributed by atoms with van der Waals surface area (Å²) in [6.07, 6.45) is 3.42. The molecule has 0 unspecified atom stereocenters. The van der Waals surface area contributed by atoms with Crippen molar-refractivity contribution in [2.24, 2.45) is 0 Å².